The Morgan fingerprint density at radius 3 is 2.58 bits per heavy atom. The lowest BCUT2D eigenvalue weighted by Gasteiger charge is -2.17. The second-order valence-electron chi connectivity index (χ2n) is 8.14. The molecule has 3 aromatic rings. The third-order valence-corrected chi connectivity index (χ3v) is 7.00. The molecule has 0 radical (unpaired) electrons. The second kappa shape index (κ2) is 9.05. The SMILES string of the molecule is CC[C@@H](C)c1ccc(-n2c(S[C@H](C)C(=O)NC3CC3)nc3cc(Cl)ccc3c2=O)cc1. The Morgan fingerprint density at radius 2 is 1.94 bits per heavy atom. The van der Waals surface area contributed by atoms with Crippen LogP contribution >= 0.6 is 23.4 Å². The monoisotopic (exact) mass is 455 g/mol. The van der Waals surface area contributed by atoms with E-state index in [1.54, 1.807) is 22.8 Å². The van der Waals surface area contributed by atoms with E-state index in [1.165, 1.54) is 17.3 Å². The highest BCUT2D eigenvalue weighted by Crippen LogP contribution is 2.28. The average Bonchev–Trinajstić information content (AvgIpc) is 3.57. The normalized spacial score (nSPS) is 15.6. The molecular weight excluding hydrogens is 430 g/mol. The zero-order valence-corrected chi connectivity index (χ0v) is 19.5. The highest BCUT2D eigenvalue weighted by molar-refractivity contribution is 8.00. The van der Waals surface area contributed by atoms with Crippen molar-refractivity contribution in [3.63, 3.8) is 0 Å². The van der Waals surface area contributed by atoms with Crippen LogP contribution in [0, 0.1) is 0 Å². The van der Waals surface area contributed by atoms with E-state index in [9.17, 15) is 9.59 Å². The van der Waals surface area contributed by atoms with Gasteiger partial charge in [-0.25, -0.2) is 4.98 Å². The summed E-state index contributed by atoms with van der Waals surface area (Å²) in [5.74, 6) is 0.411. The molecule has 1 aliphatic rings. The number of nitrogens with one attached hydrogen (secondary N) is 1. The van der Waals surface area contributed by atoms with Crippen LogP contribution in [0.15, 0.2) is 52.4 Å². The van der Waals surface area contributed by atoms with Crippen molar-refractivity contribution < 1.29 is 4.79 Å². The highest BCUT2D eigenvalue weighted by Gasteiger charge is 2.27. The fraction of sp³-hybridized carbons (Fsp3) is 0.375. The van der Waals surface area contributed by atoms with Gasteiger partial charge in [0.1, 0.15) is 0 Å². The first-order valence-corrected chi connectivity index (χ1v) is 11.9. The molecular formula is C24H26ClN3O2S. The molecule has 7 heteroatoms. The van der Waals surface area contributed by atoms with Gasteiger partial charge in [0.2, 0.25) is 5.91 Å². The van der Waals surface area contributed by atoms with Gasteiger partial charge in [0.05, 0.1) is 21.8 Å². The Bertz CT molecular complexity index is 1170. The van der Waals surface area contributed by atoms with Crippen molar-refractivity contribution in [2.45, 2.75) is 62.4 Å². The van der Waals surface area contributed by atoms with Gasteiger partial charge < -0.3 is 5.32 Å². The van der Waals surface area contributed by atoms with E-state index in [-0.39, 0.29) is 22.8 Å². The van der Waals surface area contributed by atoms with E-state index in [4.69, 9.17) is 16.6 Å². The zero-order chi connectivity index (χ0) is 22.1. The number of nitrogens with zero attached hydrogens (tertiary/aromatic N) is 2. The minimum atomic E-state index is -0.380. The van der Waals surface area contributed by atoms with E-state index >= 15 is 0 Å². The lowest BCUT2D eigenvalue weighted by atomic mass is 9.98. The van der Waals surface area contributed by atoms with Crippen molar-refractivity contribution in [1.29, 1.82) is 0 Å². The van der Waals surface area contributed by atoms with E-state index in [0.29, 0.717) is 27.0 Å². The molecule has 4 rings (SSSR count). The molecule has 0 saturated heterocycles. The number of fused-ring (bicyclic) bond motifs is 1. The van der Waals surface area contributed by atoms with Gasteiger partial charge in [0.15, 0.2) is 5.16 Å². The van der Waals surface area contributed by atoms with Gasteiger partial charge in [-0.15, -0.1) is 0 Å². The van der Waals surface area contributed by atoms with Crippen LogP contribution in [0.3, 0.4) is 0 Å². The van der Waals surface area contributed by atoms with Crippen LogP contribution in [0.5, 0.6) is 0 Å². The zero-order valence-electron chi connectivity index (χ0n) is 17.9. The number of thioether (sulfide) groups is 1. The molecule has 1 amide bonds. The summed E-state index contributed by atoms with van der Waals surface area (Å²) in [6.07, 6.45) is 3.11. The third kappa shape index (κ3) is 4.80. The van der Waals surface area contributed by atoms with Gasteiger partial charge in [-0.1, -0.05) is 49.3 Å². The first-order valence-electron chi connectivity index (χ1n) is 10.7. The fourth-order valence-corrected chi connectivity index (χ4v) is 4.49. The molecule has 2 aromatic carbocycles. The summed E-state index contributed by atoms with van der Waals surface area (Å²) in [7, 11) is 0. The number of benzene rings is 2. The van der Waals surface area contributed by atoms with E-state index in [2.05, 4.69) is 31.3 Å². The van der Waals surface area contributed by atoms with Crippen LogP contribution in [0.1, 0.15) is 51.5 Å². The summed E-state index contributed by atoms with van der Waals surface area (Å²) in [5.41, 5.74) is 2.32. The molecule has 1 N–H and O–H groups in total. The topological polar surface area (TPSA) is 64.0 Å². The Hall–Kier alpha value is -2.31. The lowest BCUT2D eigenvalue weighted by molar-refractivity contribution is -0.120. The molecule has 1 aromatic heterocycles. The molecule has 0 bridgehead atoms. The average molecular weight is 456 g/mol. The van der Waals surface area contributed by atoms with Crippen LogP contribution in [-0.2, 0) is 4.79 Å². The first kappa shape index (κ1) is 21.9. The second-order valence-corrected chi connectivity index (χ2v) is 9.88. The maximum atomic E-state index is 13.4. The van der Waals surface area contributed by atoms with E-state index in [0.717, 1.165) is 24.9 Å². The standard InChI is InChI=1S/C24H26ClN3O2S/c1-4-14(2)16-5-10-19(11-6-16)28-23(30)20-12-7-17(25)13-21(20)27-24(28)31-15(3)22(29)26-18-8-9-18/h5-7,10-15,18H,4,8-9H2,1-3H3,(H,26,29)/t14-,15-/m1/s1. The number of carbonyl (C=O) groups excluding carboxylic acids is 1. The molecule has 162 valence electrons. The molecule has 2 atom stereocenters. The predicted octanol–water partition coefficient (Wildman–Crippen LogP) is 5.31. The number of amides is 1. The largest absolute Gasteiger partial charge is 0.352 e. The highest BCUT2D eigenvalue weighted by atomic mass is 35.5. The first-order chi connectivity index (χ1) is 14.9. The molecule has 5 nitrogen and oxygen atoms in total. The number of carbonyl (C=O) groups is 1. The Balaban J connectivity index is 1.78. The predicted molar refractivity (Wildman–Crippen MR) is 128 cm³/mol. The maximum Gasteiger partial charge on any atom is 0.266 e. The molecule has 0 unspecified atom stereocenters. The van der Waals surface area contributed by atoms with Crippen LogP contribution < -0.4 is 10.9 Å². The summed E-state index contributed by atoms with van der Waals surface area (Å²) >= 11 is 7.43. The van der Waals surface area contributed by atoms with Crippen molar-refractivity contribution in [2.24, 2.45) is 0 Å². The molecule has 1 heterocycles. The van der Waals surface area contributed by atoms with Crippen LogP contribution in [0.2, 0.25) is 5.02 Å². The minimum absolute atomic E-state index is 0.0355. The summed E-state index contributed by atoms with van der Waals surface area (Å²) in [4.78, 5) is 30.7. The van der Waals surface area contributed by atoms with Gasteiger partial charge in [0.25, 0.3) is 5.56 Å². The van der Waals surface area contributed by atoms with Gasteiger partial charge in [0, 0.05) is 11.1 Å². The molecule has 0 spiro atoms. The van der Waals surface area contributed by atoms with Gasteiger partial charge in [-0.3, -0.25) is 14.2 Å². The van der Waals surface area contributed by atoms with Crippen LogP contribution in [0.25, 0.3) is 16.6 Å². The van der Waals surface area contributed by atoms with Crippen molar-refractivity contribution in [1.82, 2.24) is 14.9 Å². The number of hydrogen-bond donors (Lipinski definition) is 1. The number of hydrogen-bond acceptors (Lipinski definition) is 4. The van der Waals surface area contributed by atoms with Gasteiger partial charge in [-0.05, 0) is 68.0 Å². The summed E-state index contributed by atoms with van der Waals surface area (Å²) in [6.45, 7) is 6.18. The van der Waals surface area contributed by atoms with Gasteiger partial charge >= 0.3 is 0 Å². The summed E-state index contributed by atoms with van der Waals surface area (Å²) < 4.78 is 1.60. The van der Waals surface area contributed by atoms with Crippen LogP contribution in [-0.4, -0.2) is 26.8 Å². The van der Waals surface area contributed by atoms with Crippen molar-refractivity contribution in [3.05, 3.63) is 63.4 Å². The quantitative estimate of drug-likeness (QED) is 0.387. The van der Waals surface area contributed by atoms with Crippen molar-refractivity contribution >= 4 is 40.2 Å². The fourth-order valence-electron chi connectivity index (χ4n) is 3.39. The van der Waals surface area contributed by atoms with E-state index in [1.807, 2.05) is 19.1 Å². The summed E-state index contributed by atoms with van der Waals surface area (Å²) in [5, 5.41) is 4.14. The van der Waals surface area contributed by atoms with Crippen molar-refractivity contribution in [2.75, 3.05) is 0 Å². The summed E-state index contributed by atoms with van der Waals surface area (Å²) in [6, 6.07) is 13.4. The Labute approximate surface area is 191 Å². The number of halogens is 1. The minimum Gasteiger partial charge on any atom is -0.352 e. The Morgan fingerprint density at radius 1 is 1.23 bits per heavy atom. The van der Waals surface area contributed by atoms with Crippen molar-refractivity contribution in [3.8, 4) is 5.69 Å². The molecule has 1 aliphatic carbocycles. The third-order valence-electron chi connectivity index (χ3n) is 5.71. The van der Waals surface area contributed by atoms with Crippen LogP contribution in [0.4, 0.5) is 0 Å². The molecule has 31 heavy (non-hydrogen) atoms. The molecule has 0 aliphatic heterocycles. The lowest BCUT2D eigenvalue weighted by Crippen LogP contribution is -2.33. The number of aromatic nitrogens is 2. The molecule has 1 fully saturated rings. The van der Waals surface area contributed by atoms with Gasteiger partial charge in [-0.2, -0.15) is 0 Å². The Kier molecular flexibility index (Phi) is 6.39. The smallest absolute Gasteiger partial charge is 0.266 e. The molecule has 1 saturated carbocycles. The maximum absolute atomic E-state index is 13.4. The number of rotatable bonds is 7. The van der Waals surface area contributed by atoms with E-state index < -0.39 is 0 Å².